The lowest BCUT2D eigenvalue weighted by Crippen LogP contribution is -2.32. The molecular weight excluding hydrogens is 410 g/mol. The van der Waals surface area contributed by atoms with Crippen molar-refractivity contribution >= 4 is 32.8 Å². The van der Waals surface area contributed by atoms with Crippen LogP contribution in [0.5, 0.6) is 0 Å². The fourth-order valence-corrected chi connectivity index (χ4v) is 4.07. The molecule has 1 amide bonds. The monoisotopic (exact) mass is 427 g/mol. The first-order valence-corrected chi connectivity index (χ1v) is 9.47. The molecule has 2 heterocycles. The van der Waals surface area contributed by atoms with Crippen molar-refractivity contribution in [2.75, 3.05) is 13.2 Å². The van der Waals surface area contributed by atoms with Gasteiger partial charge in [0.25, 0.3) is 5.91 Å². The Labute approximate surface area is 164 Å². The molecule has 1 aliphatic heterocycles. The van der Waals surface area contributed by atoms with Gasteiger partial charge in [-0.15, -0.1) is 0 Å². The van der Waals surface area contributed by atoms with Crippen LogP contribution in [0, 0.1) is 13.8 Å². The van der Waals surface area contributed by atoms with Crippen LogP contribution in [0.25, 0.3) is 11.0 Å². The highest BCUT2D eigenvalue weighted by Gasteiger charge is 2.42. The van der Waals surface area contributed by atoms with Crippen molar-refractivity contribution in [2.45, 2.75) is 19.9 Å². The van der Waals surface area contributed by atoms with Gasteiger partial charge in [0.15, 0.2) is 5.43 Å². The zero-order valence-corrected chi connectivity index (χ0v) is 16.5. The highest BCUT2D eigenvalue weighted by atomic mass is 79.9. The number of hydrogen-bond donors (Lipinski definition) is 1. The van der Waals surface area contributed by atoms with Crippen LogP contribution in [0.4, 0.5) is 0 Å². The van der Waals surface area contributed by atoms with Gasteiger partial charge in [0.05, 0.1) is 23.6 Å². The lowest BCUT2D eigenvalue weighted by atomic mass is 9.97. The van der Waals surface area contributed by atoms with Crippen LogP contribution < -0.4 is 5.43 Å². The second-order valence-corrected chi connectivity index (χ2v) is 7.72. The Hall–Kier alpha value is -2.44. The van der Waals surface area contributed by atoms with Gasteiger partial charge in [-0.2, -0.15) is 0 Å². The maximum absolute atomic E-state index is 13.4. The number of carbonyl (C=O) groups is 1. The van der Waals surface area contributed by atoms with E-state index in [2.05, 4.69) is 15.9 Å². The normalized spacial score (nSPS) is 16.2. The largest absolute Gasteiger partial charge is 0.450 e. The average molecular weight is 428 g/mol. The molecule has 27 heavy (non-hydrogen) atoms. The minimum Gasteiger partial charge on any atom is -0.450 e. The van der Waals surface area contributed by atoms with Gasteiger partial charge in [-0.05, 0) is 48.7 Å². The Morgan fingerprint density at radius 1 is 1.15 bits per heavy atom. The first-order valence-electron chi connectivity index (χ1n) is 8.67. The number of β-amino-alcohol motifs (C(OH)–C–C–N with tert-alkyl or cyclic N) is 1. The van der Waals surface area contributed by atoms with Crippen LogP contribution in [-0.2, 0) is 0 Å². The number of amides is 1. The summed E-state index contributed by atoms with van der Waals surface area (Å²) in [4.78, 5) is 27.8. The molecule has 0 unspecified atom stereocenters. The fraction of sp³-hybridized carbons (Fsp3) is 0.238. The molecule has 0 spiro atoms. The number of hydrogen-bond acceptors (Lipinski definition) is 4. The topological polar surface area (TPSA) is 70.8 Å². The second-order valence-electron chi connectivity index (χ2n) is 6.81. The Kier molecular flexibility index (Phi) is 4.40. The molecule has 2 aromatic carbocycles. The third-order valence-corrected chi connectivity index (χ3v) is 5.45. The van der Waals surface area contributed by atoms with Gasteiger partial charge in [0.2, 0.25) is 5.76 Å². The van der Waals surface area contributed by atoms with Gasteiger partial charge < -0.3 is 14.4 Å². The molecule has 138 valence electrons. The zero-order chi connectivity index (χ0) is 19.3. The van der Waals surface area contributed by atoms with Gasteiger partial charge >= 0.3 is 0 Å². The molecule has 1 aromatic heterocycles. The fourth-order valence-electron chi connectivity index (χ4n) is 3.80. The molecule has 0 fully saturated rings. The summed E-state index contributed by atoms with van der Waals surface area (Å²) in [7, 11) is 0. The van der Waals surface area contributed by atoms with E-state index in [0.717, 1.165) is 21.2 Å². The molecule has 1 N–H and O–H groups in total. The van der Waals surface area contributed by atoms with E-state index in [1.54, 1.807) is 6.07 Å². The summed E-state index contributed by atoms with van der Waals surface area (Å²) < 4.78 is 6.86. The third kappa shape index (κ3) is 2.80. The summed E-state index contributed by atoms with van der Waals surface area (Å²) in [6.45, 7) is 3.71. The van der Waals surface area contributed by atoms with Crippen molar-refractivity contribution in [3.05, 3.63) is 79.1 Å². The van der Waals surface area contributed by atoms with Gasteiger partial charge in [-0.25, -0.2) is 0 Å². The predicted molar refractivity (Wildman–Crippen MR) is 106 cm³/mol. The van der Waals surface area contributed by atoms with E-state index in [1.165, 1.54) is 4.90 Å². The number of aryl methyl sites for hydroxylation is 2. The summed E-state index contributed by atoms with van der Waals surface area (Å²) in [6.07, 6.45) is 0. The van der Waals surface area contributed by atoms with E-state index in [0.29, 0.717) is 16.5 Å². The van der Waals surface area contributed by atoms with Gasteiger partial charge in [0, 0.05) is 11.0 Å². The Balaban J connectivity index is 2.04. The van der Waals surface area contributed by atoms with Gasteiger partial charge in [-0.3, -0.25) is 9.59 Å². The van der Waals surface area contributed by atoms with Crippen LogP contribution in [0.1, 0.15) is 38.9 Å². The summed E-state index contributed by atoms with van der Waals surface area (Å²) in [5, 5.41) is 9.94. The highest BCUT2D eigenvalue weighted by Crippen LogP contribution is 2.38. The van der Waals surface area contributed by atoms with Crippen molar-refractivity contribution in [2.24, 2.45) is 0 Å². The number of carbonyl (C=O) groups excluding carboxylic acids is 1. The SMILES string of the molecule is Cc1cc(C)c2oc3c(c(=O)c2c1)[C@@H](c1ccc(Br)cc1)N(CCO)C3=O. The van der Waals surface area contributed by atoms with Gasteiger partial charge in [0.1, 0.15) is 5.58 Å². The van der Waals surface area contributed by atoms with E-state index in [-0.39, 0.29) is 30.2 Å². The maximum Gasteiger partial charge on any atom is 0.290 e. The van der Waals surface area contributed by atoms with E-state index < -0.39 is 6.04 Å². The van der Waals surface area contributed by atoms with E-state index in [1.807, 2.05) is 44.2 Å². The van der Waals surface area contributed by atoms with E-state index in [9.17, 15) is 14.7 Å². The summed E-state index contributed by atoms with van der Waals surface area (Å²) in [5.41, 5.74) is 3.17. The van der Waals surface area contributed by atoms with E-state index in [4.69, 9.17) is 4.42 Å². The average Bonchev–Trinajstić information content (AvgIpc) is 2.90. The van der Waals surface area contributed by atoms with E-state index >= 15 is 0 Å². The Morgan fingerprint density at radius 3 is 2.52 bits per heavy atom. The smallest absolute Gasteiger partial charge is 0.290 e. The minimum atomic E-state index is -0.575. The number of aliphatic hydroxyl groups excluding tert-OH is 1. The van der Waals surface area contributed by atoms with Crippen molar-refractivity contribution < 1.29 is 14.3 Å². The van der Waals surface area contributed by atoms with Crippen LogP contribution >= 0.6 is 15.9 Å². The van der Waals surface area contributed by atoms with Crippen molar-refractivity contribution in [1.82, 2.24) is 4.90 Å². The van der Waals surface area contributed by atoms with Crippen LogP contribution in [0.2, 0.25) is 0 Å². The van der Waals surface area contributed by atoms with Crippen LogP contribution in [0.3, 0.4) is 0 Å². The molecule has 4 rings (SSSR count). The molecule has 0 bridgehead atoms. The number of aliphatic hydroxyl groups is 1. The maximum atomic E-state index is 13.4. The zero-order valence-electron chi connectivity index (χ0n) is 15.0. The molecule has 6 heteroatoms. The third-order valence-electron chi connectivity index (χ3n) is 4.92. The second kappa shape index (κ2) is 6.62. The van der Waals surface area contributed by atoms with Gasteiger partial charge in [-0.1, -0.05) is 34.1 Å². The predicted octanol–water partition coefficient (Wildman–Crippen LogP) is 3.71. The highest BCUT2D eigenvalue weighted by molar-refractivity contribution is 9.10. The Morgan fingerprint density at radius 2 is 1.85 bits per heavy atom. The van der Waals surface area contributed by atoms with Crippen molar-refractivity contribution in [1.29, 1.82) is 0 Å². The Bertz CT molecular complexity index is 1120. The number of benzene rings is 2. The lowest BCUT2D eigenvalue weighted by Gasteiger charge is -2.24. The molecule has 0 radical (unpaired) electrons. The summed E-state index contributed by atoms with van der Waals surface area (Å²) in [6, 6.07) is 10.6. The van der Waals surface area contributed by atoms with Crippen molar-refractivity contribution in [3.63, 3.8) is 0 Å². The molecule has 5 nitrogen and oxygen atoms in total. The molecular formula is C21H18BrNO4. The molecule has 0 saturated carbocycles. The standard InChI is InChI=1S/C21H18BrNO4/c1-11-9-12(2)19-15(10-11)18(25)16-17(13-3-5-14(22)6-4-13)23(7-8-24)21(26)20(16)27-19/h3-6,9-10,17,24H,7-8H2,1-2H3/t17-/m1/s1. The summed E-state index contributed by atoms with van der Waals surface area (Å²) in [5.74, 6) is -0.299. The first-order chi connectivity index (χ1) is 12.9. The number of rotatable bonds is 3. The molecule has 1 atom stereocenters. The van der Waals surface area contributed by atoms with Crippen LogP contribution in [0.15, 0.2) is 50.1 Å². The number of fused-ring (bicyclic) bond motifs is 2. The quantitative estimate of drug-likeness (QED) is 0.691. The number of halogens is 1. The first kappa shape index (κ1) is 17.9. The van der Waals surface area contributed by atoms with Crippen LogP contribution in [-0.4, -0.2) is 29.1 Å². The lowest BCUT2D eigenvalue weighted by molar-refractivity contribution is 0.0691. The minimum absolute atomic E-state index is 0.0702. The molecule has 3 aromatic rings. The molecule has 0 aliphatic carbocycles. The molecule has 0 saturated heterocycles. The molecule has 1 aliphatic rings. The van der Waals surface area contributed by atoms with Crippen molar-refractivity contribution in [3.8, 4) is 0 Å². The number of nitrogens with zero attached hydrogens (tertiary/aromatic N) is 1. The summed E-state index contributed by atoms with van der Waals surface area (Å²) >= 11 is 3.41.